The Labute approximate surface area is 164 Å². The van der Waals surface area contributed by atoms with Crippen molar-refractivity contribution in [1.29, 1.82) is 0 Å². The Morgan fingerprint density at radius 1 is 1.03 bits per heavy atom. The number of benzene rings is 2. The first-order valence-electron chi connectivity index (χ1n) is 8.30. The fourth-order valence-corrected chi connectivity index (χ4v) is 2.21. The monoisotopic (exact) mass is 414 g/mol. The summed E-state index contributed by atoms with van der Waals surface area (Å²) in [7, 11) is 0. The number of hydrazone groups is 1. The van der Waals surface area contributed by atoms with E-state index in [1.54, 1.807) is 6.07 Å². The molecule has 0 spiro atoms. The van der Waals surface area contributed by atoms with Gasteiger partial charge in [-0.3, -0.25) is 4.79 Å². The molecule has 2 aromatic rings. The van der Waals surface area contributed by atoms with Crippen LogP contribution in [0.3, 0.4) is 0 Å². The average molecular weight is 414 g/mol. The molecule has 2 rings (SSSR count). The van der Waals surface area contributed by atoms with Crippen LogP contribution in [0.5, 0.6) is 17.2 Å². The number of amides is 1. The fourth-order valence-electron chi connectivity index (χ4n) is 2.21. The van der Waals surface area contributed by atoms with Crippen LogP contribution < -0.4 is 19.6 Å². The molecule has 0 aliphatic rings. The molecule has 156 valence electrons. The van der Waals surface area contributed by atoms with Gasteiger partial charge in [0.2, 0.25) is 0 Å². The zero-order valence-electron chi connectivity index (χ0n) is 15.5. The van der Waals surface area contributed by atoms with E-state index in [-0.39, 0.29) is 17.9 Å². The second-order valence-electron chi connectivity index (χ2n) is 5.81. The number of aryl methyl sites for hydroxylation is 2. The Hall–Kier alpha value is -3.30. The second-order valence-corrected chi connectivity index (χ2v) is 5.81. The van der Waals surface area contributed by atoms with Gasteiger partial charge in [-0.25, -0.2) is 5.43 Å². The van der Waals surface area contributed by atoms with Crippen LogP contribution in [0.15, 0.2) is 41.5 Å². The van der Waals surface area contributed by atoms with E-state index >= 15 is 0 Å². The van der Waals surface area contributed by atoms with Gasteiger partial charge in [0.25, 0.3) is 5.91 Å². The standard InChI is InChI=1S/C19H18F4N2O4/c1-11-3-4-12(2)15(7-11)27-10-17(26)25-24-9-13-5-6-14(28-18(20)21)8-16(13)29-19(22)23/h3-9,18-19H,10H2,1-2H3,(H,25,26)/b24-9-. The third kappa shape index (κ3) is 7.32. The van der Waals surface area contributed by atoms with Crippen molar-refractivity contribution >= 4 is 12.1 Å². The molecule has 0 unspecified atom stereocenters. The lowest BCUT2D eigenvalue weighted by Crippen LogP contribution is -2.24. The van der Waals surface area contributed by atoms with Crippen molar-refractivity contribution < 1.29 is 36.6 Å². The van der Waals surface area contributed by atoms with E-state index in [2.05, 4.69) is 20.0 Å². The van der Waals surface area contributed by atoms with Gasteiger partial charge in [0, 0.05) is 11.6 Å². The molecule has 0 atom stereocenters. The number of hydrogen-bond acceptors (Lipinski definition) is 5. The van der Waals surface area contributed by atoms with Crippen molar-refractivity contribution in [1.82, 2.24) is 5.43 Å². The number of alkyl halides is 4. The van der Waals surface area contributed by atoms with Crippen molar-refractivity contribution in [3.8, 4) is 17.2 Å². The molecule has 29 heavy (non-hydrogen) atoms. The van der Waals surface area contributed by atoms with Crippen LogP contribution in [0, 0.1) is 13.8 Å². The van der Waals surface area contributed by atoms with E-state index in [0.29, 0.717) is 5.75 Å². The normalized spacial score (nSPS) is 11.2. The Balaban J connectivity index is 1.99. The minimum absolute atomic E-state index is 0.0164. The summed E-state index contributed by atoms with van der Waals surface area (Å²) in [6, 6.07) is 8.71. The highest BCUT2D eigenvalue weighted by Crippen LogP contribution is 2.26. The molecule has 1 N–H and O–H groups in total. The van der Waals surface area contributed by atoms with E-state index < -0.39 is 24.9 Å². The predicted octanol–water partition coefficient (Wildman–Crippen LogP) is 4.04. The average Bonchev–Trinajstić information content (AvgIpc) is 2.63. The molecule has 0 saturated carbocycles. The molecule has 0 fully saturated rings. The summed E-state index contributed by atoms with van der Waals surface area (Å²) in [5.41, 5.74) is 4.01. The number of carbonyl (C=O) groups is 1. The number of rotatable bonds is 9. The van der Waals surface area contributed by atoms with Gasteiger partial charge in [-0.1, -0.05) is 12.1 Å². The van der Waals surface area contributed by atoms with Gasteiger partial charge in [0.1, 0.15) is 17.2 Å². The first-order valence-corrected chi connectivity index (χ1v) is 8.30. The van der Waals surface area contributed by atoms with Gasteiger partial charge in [-0.05, 0) is 43.2 Å². The zero-order valence-corrected chi connectivity index (χ0v) is 15.5. The molecular formula is C19H18F4N2O4. The van der Waals surface area contributed by atoms with Crippen molar-refractivity contribution in [3.63, 3.8) is 0 Å². The predicted molar refractivity (Wildman–Crippen MR) is 96.9 cm³/mol. The van der Waals surface area contributed by atoms with Gasteiger partial charge < -0.3 is 14.2 Å². The Morgan fingerprint density at radius 3 is 2.45 bits per heavy atom. The Kier molecular flexibility index (Phi) is 7.81. The van der Waals surface area contributed by atoms with Gasteiger partial charge in [0.15, 0.2) is 6.61 Å². The van der Waals surface area contributed by atoms with E-state index in [4.69, 9.17) is 4.74 Å². The zero-order chi connectivity index (χ0) is 21.4. The first kappa shape index (κ1) is 22.0. The SMILES string of the molecule is Cc1ccc(C)c(OCC(=O)N/N=C\c2ccc(OC(F)F)cc2OC(F)F)c1. The molecule has 0 aliphatic carbocycles. The van der Waals surface area contributed by atoms with Crippen LogP contribution in [0.4, 0.5) is 17.6 Å². The molecule has 0 aliphatic heterocycles. The number of ether oxygens (including phenoxy) is 3. The molecule has 0 radical (unpaired) electrons. The largest absolute Gasteiger partial charge is 0.483 e. The summed E-state index contributed by atoms with van der Waals surface area (Å²) in [5, 5.41) is 3.63. The van der Waals surface area contributed by atoms with Crippen LogP contribution in [0.25, 0.3) is 0 Å². The van der Waals surface area contributed by atoms with Crippen molar-refractivity contribution in [2.45, 2.75) is 27.1 Å². The second kappa shape index (κ2) is 10.3. The number of halogens is 4. The van der Waals surface area contributed by atoms with Gasteiger partial charge in [0.05, 0.1) is 6.21 Å². The van der Waals surface area contributed by atoms with Gasteiger partial charge in [-0.2, -0.15) is 22.7 Å². The summed E-state index contributed by atoms with van der Waals surface area (Å²) in [4.78, 5) is 11.8. The molecule has 0 bridgehead atoms. The maximum Gasteiger partial charge on any atom is 0.387 e. The minimum Gasteiger partial charge on any atom is -0.483 e. The third-order valence-electron chi connectivity index (χ3n) is 3.52. The van der Waals surface area contributed by atoms with Crippen molar-refractivity contribution in [3.05, 3.63) is 53.1 Å². The van der Waals surface area contributed by atoms with Crippen LogP contribution >= 0.6 is 0 Å². The highest BCUT2D eigenvalue weighted by molar-refractivity contribution is 5.85. The highest BCUT2D eigenvalue weighted by Gasteiger charge is 2.13. The molecule has 0 saturated heterocycles. The van der Waals surface area contributed by atoms with E-state index in [1.165, 1.54) is 6.07 Å². The van der Waals surface area contributed by atoms with Gasteiger partial charge in [-0.15, -0.1) is 0 Å². The fraction of sp³-hybridized carbons (Fsp3) is 0.263. The summed E-state index contributed by atoms with van der Waals surface area (Å²) in [6.45, 7) is -2.91. The Bertz CT molecular complexity index is 875. The van der Waals surface area contributed by atoms with Crippen LogP contribution in [0.1, 0.15) is 16.7 Å². The van der Waals surface area contributed by atoms with Crippen LogP contribution in [-0.4, -0.2) is 32.0 Å². The minimum atomic E-state index is -3.19. The lowest BCUT2D eigenvalue weighted by atomic mass is 10.1. The maximum absolute atomic E-state index is 12.5. The topological polar surface area (TPSA) is 69.2 Å². The summed E-state index contributed by atoms with van der Waals surface area (Å²) < 4.78 is 63.4. The number of nitrogens with one attached hydrogen (secondary N) is 1. The lowest BCUT2D eigenvalue weighted by Gasteiger charge is -2.11. The number of nitrogens with zero attached hydrogens (tertiary/aromatic N) is 1. The van der Waals surface area contributed by atoms with E-state index in [0.717, 1.165) is 29.5 Å². The highest BCUT2D eigenvalue weighted by atomic mass is 19.3. The first-order chi connectivity index (χ1) is 13.7. The van der Waals surface area contributed by atoms with Crippen molar-refractivity contribution in [2.24, 2.45) is 5.10 Å². The molecule has 2 aromatic carbocycles. The summed E-state index contributed by atoms with van der Waals surface area (Å²) in [5.74, 6) is -0.843. The third-order valence-corrected chi connectivity index (χ3v) is 3.52. The number of hydrogen-bond donors (Lipinski definition) is 1. The molecular weight excluding hydrogens is 396 g/mol. The molecule has 10 heteroatoms. The number of carbonyl (C=O) groups excluding carboxylic acids is 1. The van der Waals surface area contributed by atoms with Crippen molar-refractivity contribution in [2.75, 3.05) is 6.61 Å². The van der Waals surface area contributed by atoms with Gasteiger partial charge >= 0.3 is 13.2 Å². The molecule has 0 heterocycles. The summed E-state index contributed by atoms with van der Waals surface area (Å²) >= 11 is 0. The van der Waals surface area contributed by atoms with E-state index in [9.17, 15) is 22.4 Å². The van der Waals surface area contributed by atoms with E-state index in [1.807, 2.05) is 26.0 Å². The maximum atomic E-state index is 12.5. The van der Waals surface area contributed by atoms with Crippen LogP contribution in [-0.2, 0) is 4.79 Å². The molecule has 6 nitrogen and oxygen atoms in total. The van der Waals surface area contributed by atoms with Crippen LogP contribution in [0.2, 0.25) is 0 Å². The smallest absolute Gasteiger partial charge is 0.387 e. The Morgan fingerprint density at radius 2 is 1.76 bits per heavy atom. The quantitative estimate of drug-likeness (QED) is 0.382. The summed E-state index contributed by atoms with van der Waals surface area (Å²) in [6.07, 6.45) is 1.03. The lowest BCUT2D eigenvalue weighted by molar-refractivity contribution is -0.123. The molecule has 1 amide bonds. The molecule has 0 aromatic heterocycles.